The lowest BCUT2D eigenvalue weighted by Gasteiger charge is -2.04. The zero-order valence-electron chi connectivity index (χ0n) is 10.9. The largest absolute Gasteiger partial charge is 0.321 e. The van der Waals surface area contributed by atoms with Crippen molar-refractivity contribution in [3.05, 3.63) is 64.7 Å². The molecule has 0 spiro atoms. The monoisotopic (exact) mass is 524 g/mol. The van der Waals surface area contributed by atoms with E-state index >= 15 is 0 Å². The summed E-state index contributed by atoms with van der Waals surface area (Å²) in [4.78, 5) is 21.7. The van der Waals surface area contributed by atoms with Gasteiger partial charge in [-0.3, -0.25) is 18.7 Å². The van der Waals surface area contributed by atoms with E-state index in [1.54, 1.807) is 0 Å². The van der Waals surface area contributed by atoms with Crippen LogP contribution in [0.5, 0.6) is 0 Å². The molecule has 0 radical (unpaired) electrons. The van der Waals surface area contributed by atoms with E-state index in [-0.39, 0.29) is 4.47 Å². The van der Waals surface area contributed by atoms with E-state index in [0.717, 1.165) is 18.5 Å². The first kappa shape index (κ1) is 20.1. The number of alkyl halides is 4. The number of pyridine rings is 2. The summed E-state index contributed by atoms with van der Waals surface area (Å²) < 4.78 is 49.8. The van der Waals surface area contributed by atoms with Gasteiger partial charge in [-0.1, -0.05) is 0 Å². The van der Waals surface area contributed by atoms with Gasteiger partial charge in [-0.2, -0.15) is 17.6 Å². The third-order valence-corrected chi connectivity index (χ3v) is 3.76. The molecule has 0 saturated carbocycles. The summed E-state index contributed by atoms with van der Waals surface area (Å²) in [6.07, 6.45) is 2.09. The summed E-state index contributed by atoms with van der Waals surface area (Å²) in [5, 5.41) is 0. The Hall–Kier alpha value is -0.940. The van der Waals surface area contributed by atoms with Crippen LogP contribution in [-0.2, 0) is 0 Å². The highest BCUT2D eigenvalue weighted by Crippen LogP contribution is 2.16. The highest BCUT2D eigenvalue weighted by Gasteiger charge is 2.10. The maximum Gasteiger partial charge on any atom is 0.321 e. The Morgan fingerprint density at radius 2 is 1.35 bits per heavy atom. The maximum absolute atomic E-state index is 12.1. The highest BCUT2D eigenvalue weighted by molar-refractivity contribution is 9.11. The minimum atomic E-state index is -2.81. The van der Waals surface area contributed by atoms with Crippen molar-refractivity contribution in [1.82, 2.24) is 9.13 Å². The van der Waals surface area contributed by atoms with Crippen molar-refractivity contribution < 1.29 is 17.6 Å². The molecule has 0 saturated heterocycles. The first-order chi connectivity index (χ1) is 10.6. The predicted molar refractivity (Wildman–Crippen MR) is 87.0 cm³/mol. The molecule has 2 aromatic heterocycles. The maximum atomic E-state index is 12.1. The van der Waals surface area contributed by atoms with Gasteiger partial charge >= 0.3 is 13.1 Å². The van der Waals surface area contributed by atoms with Crippen molar-refractivity contribution in [2.75, 3.05) is 0 Å². The molecule has 23 heavy (non-hydrogen) atoms. The lowest BCUT2D eigenvalue weighted by Crippen LogP contribution is -2.20. The van der Waals surface area contributed by atoms with Gasteiger partial charge in [0.2, 0.25) is 0 Å². The Kier molecular flexibility index (Phi) is 7.68. The van der Waals surface area contributed by atoms with Crippen LogP contribution in [0.1, 0.15) is 13.1 Å². The Bertz CT molecular complexity index is 793. The molecule has 0 unspecified atom stereocenters. The Morgan fingerprint density at radius 3 is 1.83 bits per heavy atom. The van der Waals surface area contributed by atoms with Crippen molar-refractivity contribution in [3.8, 4) is 0 Å². The normalized spacial score (nSPS) is 10.7. The third kappa shape index (κ3) is 5.88. The van der Waals surface area contributed by atoms with Crippen LogP contribution >= 0.6 is 47.8 Å². The molecule has 0 aliphatic carbocycles. The number of rotatable bonds is 2. The second-order valence-corrected chi connectivity index (χ2v) is 6.55. The molecule has 0 N–H and O–H groups in total. The van der Waals surface area contributed by atoms with Crippen LogP contribution in [0.3, 0.4) is 0 Å². The van der Waals surface area contributed by atoms with Gasteiger partial charge in [-0.05, 0) is 59.9 Å². The predicted octanol–water partition coefficient (Wildman–Crippen LogP) is 4.77. The summed E-state index contributed by atoms with van der Waals surface area (Å²) in [6, 6.07) is 3.92. The molecular formula is C12H7Br3F4N2O2. The van der Waals surface area contributed by atoms with E-state index in [9.17, 15) is 27.2 Å². The lowest BCUT2D eigenvalue weighted by molar-refractivity contribution is 0.0655. The number of nitrogens with zero attached hydrogens (tertiary/aromatic N) is 2. The molecule has 11 heteroatoms. The average Bonchev–Trinajstić information content (AvgIpc) is 2.45. The fourth-order valence-corrected chi connectivity index (χ4v) is 2.87. The van der Waals surface area contributed by atoms with Crippen molar-refractivity contribution in [3.63, 3.8) is 0 Å². The minimum Gasteiger partial charge on any atom is -0.269 e. The molecule has 0 aromatic carbocycles. The van der Waals surface area contributed by atoms with E-state index in [2.05, 4.69) is 47.8 Å². The Morgan fingerprint density at radius 1 is 0.826 bits per heavy atom. The molecule has 2 aromatic rings. The van der Waals surface area contributed by atoms with E-state index in [4.69, 9.17) is 0 Å². The summed E-state index contributed by atoms with van der Waals surface area (Å²) in [7, 11) is 0. The summed E-state index contributed by atoms with van der Waals surface area (Å²) >= 11 is 8.83. The summed E-state index contributed by atoms with van der Waals surface area (Å²) in [5.74, 6) is 0. The Labute approximate surface area is 152 Å². The molecule has 0 aliphatic rings. The number of halogens is 7. The fraction of sp³-hybridized carbons (Fsp3) is 0.167. The van der Waals surface area contributed by atoms with Crippen LogP contribution in [0.25, 0.3) is 0 Å². The molecule has 0 bridgehead atoms. The summed E-state index contributed by atoms with van der Waals surface area (Å²) in [6.45, 7) is -5.59. The van der Waals surface area contributed by atoms with Crippen molar-refractivity contribution in [2.24, 2.45) is 0 Å². The van der Waals surface area contributed by atoms with Gasteiger partial charge in [0.1, 0.15) is 0 Å². The van der Waals surface area contributed by atoms with Gasteiger partial charge in [0, 0.05) is 27.4 Å². The number of aromatic nitrogens is 2. The lowest BCUT2D eigenvalue weighted by atomic mass is 10.5. The topological polar surface area (TPSA) is 44.0 Å². The van der Waals surface area contributed by atoms with Gasteiger partial charge in [-0.25, -0.2) is 0 Å². The summed E-state index contributed by atoms with van der Waals surface area (Å²) in [5.41, 5.74) is -1.45. The SMILES string of the molecule is O=c1c(Br)cc(Br)cn1C(F)F.O=c1ccc(Br)cn1C(F)F. The van der Waals surface area contributed by atoms with Gasteiger partial charge in [0.05, 0.1) is 4.47 Å². The standard InChI is InChI=1S/C6H3Br2F2NO.C6H4BrF2NO/c7-3-1-4(8)5(12)11(2-3)6(9)10;7-4-1-2-5(11)10(3-4)6(8)9/h1-2,6H;1-3,6H. The first-order valence-electron chi connectivity index (χ1n) is 5.64. The number of hydrogen-bond donors (Lipinski definition) is 0. The first-order valence-corrected chi connectivity index (χ1v) is 8.02. The minimum absolute atomic E-state index is 0.108. The van der Waals surface area contributed by atoms with Crippen LogP contribution in [0.2, 0.25) is 0 Å². The zero-order chi connectivity index (χ0) is 17.7. The zero-order valence-corrected chi connectivity index (χ0v) is 15.7. The van der Waals surface area contributed by atoms with Gasteiger partial charge < -0.3 is 0 Å². The van der Waals surface area contributed by atoms with E-state index < -0.39 is 24.2 Å². The third-order valence-electron chi connectivity index (χ3n) is 2.29. The molecule has 2 heterocycles. The second kappa shape index (κ2) is 8.78. The van der Waals surface area contributed by atoms with Crippen LogP contribution in [0.15, 0.2) is 53.6 Å². The smallest absolute Gasteiger partial charge is 0.269 e. The van der Waals surface area contributed by atoms with Gasteiger partial charge in [-0.15, -0.1) is 0 Å². The Balaban J connectivity index is 0.000000231. The van der Waals surface area contributed by atoms with Crippen LogP contribution in [-0.4, -0.2) is 9.13 Å². The van der Waals surface area contributed by atoms with E-state index in [1.807, 2.05) is 0 Å². The fourth-order valence-electron chi connectivity index (χ4n) is 1.31. The average molecular weight is 527 g/mol. The van der Waals surface area contributed by atoms with Crippen molar-refractivity contribution in [2.45, 2.75) is 13.1 Å². The molecule has 0 aliphatic heterocycles. The van der Waals surface area contributed by atoms with Crippen LogP contribution in [0, 0.1) is 0 Å². The second-order valence-electron chi connectivity index (χ2n) is 3.87. The molecular weight excluding hydrogens is 520 g/mol. The quantitative estimate of drug-likeness (QED) is 0.529. The van der Waals surface area contributed by atoms with Gasteiger partial charge in [0.15, 0.2) is 0 Å². The van der Waals surface area contributed by atoms with Crippen LogP contribution < -0.4 is 11.1 Å². The molecule has 126 valence electrons. The molecule has 0 amide bonds. The molecule has 4 nitrogen and oxygen atoms in total. The number of hydrogen-bond acceptors (Lipinski definition) is 2. The van der Waals surface area contributed by atoms with E-state index in [0.29, 0.717) is 18.1 Å². The van der Waals surface area contributed by atoms with Crippen LogP contribution in [0.4, 0.5) is 17.6 Å². The molecule has 0 atom stereocenters. The molecule has 2 rings (SSSR count). The van der Waals surface area contributed by atoms with Gasteiger partial charge in [0.25, 0.3) is 11.1 Å². The molecule has 0 fully saturated rings. The van der Waals surface area contributed by atoms with Crippen molar-refractivity contribution >= 4 is 47.8 Å². The van der Waals surface area contributed by atoms with E-state index in [1.165, 1.54) is 12.1 Å². The van der Waals surface area contributed by atoms with Crippen molar-refractivity contribution in [1.29, 1.82) is 0 Å². The highest BCUT2D eigenvalue weighted by atomic mass is 79.9.